The van der Waals surface area contributed by atoms with Gasteiger partial charge in [0.15, 0.2) is 0 Å². The highest BCUT2D eigenvalue weighted by molar-refractivity contribution is 7.99. The molecule has 1 N–H and O–H groups in total. The number of benzene rings is 1. The third-order valence-electron chi connectivity index (χ3n) is 1.75. The third-order valence-corrected chi connectivity index (χ3v) is 3.88. The number of halogens is 3. The van der Waals surface area contributed by atoms with E-state index in [9.17, 15) is 22.6 Å². The second-order valence-electron chi connectivity index (χ2n) is 3.33. The molecule has 19 heavy (non-hydrogen) atoms. The zero-order chi connectivity index (χ0) is 14.5. The molecule has 0 saturated carbocycles. The molecule has 0 aliphatic heterocycles. The first-order chi connectivity index (χ1) is 8.73. The van der Waals surface area contributed by atoms with Gasteiger partial charge in [-0.05, 0) is 19.1 Å². The number of alkyl halides is 3. The van der Waals surface area contributed by atoms with Crippen LogP contribution < -0.4 is 4.52 Å². The normalized spacial score (nSPS) is 15.0. The largest absolute Gasteiger partial charge is 0.527 e. The minimum absolute atomic E-state index is 0.0500. The van der Waals surface area contributed by atoms with E-state index >= 15 is 0 Å². The number of thioether (sulfide) groups is 1. The Labute approximate surface area is 112 Å². The lowest BCUT2D eigenvalue weighted by Crippen LogP contribution is -2.10. The van der Waals surface area contributed by atoms with Gasteiger partial charge in [0.25, 0.3) is 0 Å². The summed E-state index contributed by atoms with van der Waals surface area (Å²) in [6, 6.07) is 5.67. The average Bonchev–Trinajstić information content (AvgIpc) is 2.26. The summed E-state index contributed by atoms with van der Waals surface area (Å²) in [6.45, 7) is 1.45. The van der Waals surface area contributed by atoms with Gasteiger partial charge < -0.3 is 4.52 Å². The van der Waals surface area contributed by atoms with Crippen LogP contribution in [-0.4, -0.2) is 23.4 Å². The Morgan fingerprint density at radius 1 is 1.37 bits per heavy atom. The number of hydrogen-bond acceptors (Lipinski definition) is 4. The Hall–Kier alpha value is -0.690. The minimum atomic E-state index is -4.33. The molecule has 0 spiro atoms. The van der Waals surface area contributed by atoms with Gasteiger partial charge in [0, 0.05) is 0 Å². The average molecular weight is 316 g/mol. The van der Waals surface area contributed by atoms with Gasteiger partial charge in [-0.25, -0.2) is 4.57 Å². The molecule has 0 aromatic heterocycles. The van der Waals surface area contributed by atoms with Gasteiger partial charge in [-0.3, -0.25) is 9.42 Å². The smallest absolute Gasteiger partial charge is 0.403 e. The maximum absolute atomic E-state index is 12.1. The Kier molecular flexibility index (Phi) is 5.73. The van der Waals surface area contributed by atoms with E-state index < -0.39 is 19.8 Å². The van der Waals surface area contributed by atoms with E-state index in [2.05, 4.69) is 4.52 Å². The van der Waals surface area contributed by atoms with E-state index in [0.717, 1.165) is 0 Å². The quantitative estimate of drug-likeness (QED) is 0.638. The van der Waals surface area contributed by atoms with Crippen molar-refractivity contribution >= 4 is 19.6 Å². The molecule has 0 radical (unpaired) electrons. The summed E-state index contributed by atoms with van der Waals surface area (Å²) in [4.78, 5) is 9.42. The third kappa shape index (κ3) is 6.33. The highest BCUT2D eigenvalue weighted by Gasteiger charge is 2.29. The van der Waals surface area contributed by atoms with Crippen molar-refractivity contribution in [2.45, 2.75) is 18.0 Å². The Bertz CT molecular complexity index is 466. The molecule has 1 aromatic carbocycles. The Morgan fingerprint density at radius 3 is 2.58 bits per heavy atom. The van der Waals surface area contributed by atoms with Gasteiger partial charge in [-0.15, -0.1) is 11.8 Å². The topological polar surface area (TPSA) is 55.8 Å². The molecule has 0 fully saturated rings. The van der Waals surface area contributed by atoms with Gasteiger partial charge in [-0.2, -0.15) is 13.2 Å². The standard InChI is InChI=1S/C10H12F3O4PS/c1-2-16-18(14,15)17-8-5-3-4-6-9(8)19-7-10(11,12)13/h3-6H,2,7H2,1H3,(H,14,15). The van der Waals surface area contributed by atoms with Crippen LogP contribution in [-0.2, 0) is 9.09 Å². The van der Waals surface area contributed by atoms with Gasteiger partial charge in [0.1, 0.15) is 5.75 Å². The molecule has 108 valence electrons. The van der Waals surface area contributed by atoms with Crippen LogP contribution in [0.3, 0.4) is 0 Å². The number of phosphoric acid groups is 1. The maximum Gasteiger partial charge on any atom is 0.527 e. The van der Waals surface area contributed by atoms with E-state index in [1.165, 1.54) is 31.2 Å². The fourth-order valence-corrected chi connectivity index (χ4v) is 2.71. The Morgan fingerprint density at radius 2 is 2.00 bits per heavy atom. The van der Waals surface area contributed by atoms with Crippen LogP contribution in [0.25, 0.3) is 0 Å². The van der Waals surface area contributed by atoms with Gasteiger partial charge in [-0.1, -0.05) is 12.1 Å². The molecule has 0 aliphatic rings. The van der Waals surface area contributed by atoms with Crippen LogP contribution in [0.15, 0.2) is 29.2 Å². The molecule has 0 aliphatic carbocycles. The molecule has 1 unspecified atom stereocenters. The lowest BCUT2D eigenvalue weighted by Gasteiger charge is -2.15. The molecule has 4 nitrogen and oxygen atoms in total. The molecule has 9 heteroatoms. The predicted octanol–water partition coefficient (Wildman–Crippen LogP) is 3.86. The first kappa shape index (κ1) is 16.4. The van der Waals surface area contributed by atoms with Crippen molar-refractivity contribution in [3.05, 3.63) is 24.3 Å². The van der Waals surface area contributed by atoms with Crippen LogP contribution >= 0.6 is 19.6 Å². The summed E-state index contributed by atoms with van der Waals surface area (Å²) < 4.78 is 57.1. The number of hydrogen-bond donors (Lipinski definition) is 1. The minimum Gasteiger partial charge on any atom is -0.403 e. The van der Waals surface area contributed by atoms with E-state index in [4.69, 9.17) is 4.52 Å². The molecular formula is C10H12F3O4PS. The predicted molar refractivity (Wildman–Crippen MR) is 65.3 cm³/mol. The first-order valence-corrected chi connectivity index (χ1v) is 7.67. The van der Waals surface area contributed by atoms with Crippen molar-refractivity contribution in [3.8, 4) is 5.75 Å². The molecular weight excluding hydrogens is 304 g/mol. The van der Waals surface area contributed by atoms with Gasteiger partial charge in [0.2, 0.25) is 0 Å². The summed E-state index contributed by atoms with van der Waals surface area (Å²) in [7, 11) is -4.30. The summed E-state index contributed by atoms with van der Waals surface area (Å²) in [5.74, 6) is -1.23. The van der Waals surface area contributed by atoms with E-state index in [-0.39, 0.29) is 17.3 Å². The van der Waals surface area contributed by atoms with E-state index in [1.54, 1.807) is 0 Å². The fraction of sp³-hybridized carbons (Fsp3) is 0.400. The van der Waals surface area contributed by atoms with Crippen molar-refractivity contribution in [2.24, 2.45) is 0 Å². The zero-order valence-corrected chi connectivity index (χ0v) is 11.6. The van der Waals surface area contributed by atoms with Gasteiger partial charge >= 0.3 is 14.0 Å². The fourth-order valence-electron chi connectivity index (χ4n) is 1.12. The lowest BCUT2D eigenvalue weighted by molar-refractivity contribution is -0.105. The molecule has 0 heterocycles. The van der Waals surface area contributed by atoms with Crippen molar-refractivity contribution in [1.82, 2.24) is 0 Å². The van der Waals surface area contributed by atoms with E-state index in [0.29, 0.717) is 11.8 Å². The molecule has 1 rings (SSSR count). The lowest BCUT2D eigenvalue weighted by atomic mass is 10.3. The van der Waals surface area contributed by atoms with Crippen molar-refractivity contribution < 1.29 is 31.7 Å². The monoisotopic (exact) mass is 316 g/mol. The molecule has 1 aromatic rings. The van der Waals surface area contributed by atoms with Crippen LogP contribution in [0.4, 0.5) is 13.2 Å². The Balaban J connectivity index is 2.81. The number of rotatable bonds is 6. The first-order valence-electron chi connectivity index (χ1n) is 5.19. The van der Waals surface area contributed by atoms with Crippen LogP contribution in [0.1, 0.15) is 6.92 Å². The summed E-state index contributed by atoms with van der Waals surface area (Å²) in [5, 5.41) is 0. The van der Waals surface area contributed by atoms with E-state index in [1.807, 2.05) is 0 Å². The highest BCUT2D eigenvalue weighted by atomic mass is 32.2. The molecule has 0 bridgehead atoms. The highest BCUT2D eigenvalue weighted by Crippen LogP contribution is 2.46. The maximum atomic E-state index is 12.1. The number of para-hydroxylation sites is 1. The van der Waals surface area contributed by atoms with Crippen molar-refractivity contribution in [3.63, 3.8) is 0 Å². The van der Waals surface area contributed by atoms with Crippen molar-refractivity contribution in [1.29, 1.82) is 0 Å². The van der Waals surface area contributed by atoms with Crippen LogP contribution in [0, 0.1) is 0 Å². The molecule has 0 amide bonds. The number of phosphoric ester groups is 1. The van der Waals surface area contributed by atoms with Crippen LogP contribution in [0.2, 0.25) is 0 Å². The summed E-state index contributed by atoms with van der Waals surface area (Å²) >= 11 is 0.475. The summed E-state index contributed by atoms with van der Waals surface area (Å²) in [5.41, 5.74) is 0. The molecule has 1 atom stereocenters. The van der Waals surface area contributed by atoms with Gasteiger partial charge in [0.05, 0.1) is 17.3 Å². The summed E-state index contributed by atoms with van der Waals surface area (Å²) in [6.07, 6.45) is -4.33. The SMILES string of the molecule is CCOP(=O)(O)Oc1ccccc1SCC(F)(F)F. The second-order valence-corrected chi connectivity index (χ2v) is 5.72. The zero-order valence-electron chi connectivity index (χ0n) is 9.88. The second kappa shape index (κ2) is 6.65. The molecule has 0 saturated heterocycles. The van der Waals surface area contributed by atoms with Crippen molar-refractivity contribution in [2.75, 3.05) is 12.4 Å². The van der Waals surface area contributed by atoms with Crippen LogP contribution in [0.5, 0.6) is 5.75 Å².